The van der Waals surface area contributed by atoms with E-state index in [0.29, 0.717) is 25.6 Å². The lowest BCUT2D eigenvalue weighted by Crippen LogP contribution is -2.39. The number of fused-ring (bicyclic) bond motifs is 1. The smallest absolute Gasteiger partial charge is 0.338 e. The Balaban J connectivity index is 1.97. The predicted molar refractivity (Wildman–Crippen MR) is 116 cm³/mol. The largest absolute Gasteiger partial charge is 0.463 e. The first-order chi connectivity index (χ1) is 14.0. The van der Waals surface area contributed by atoms with Crippen molar-refractivity contribution in [3.63, 3.8) is 0 Å². The van der Waals surface area contributed by atoms with Crippen molar-refractivity contribution in [1.29, 1.82) is 0 Å². The molecule has 3 heterocycles. The highest BCUT2D eigenvalue weighted by molar-refractivity contribution is 7.11. The summed E-state index contributed by atoms with van der Waals surface area (Å²) in [5, 5.41) is 2.54. The second-order valence-electron chi connectivity index (χ2n) is 6.37. The quantitative estimate of drug-likeness (QED) is 0.578. The molecule has 0 spiro atoms. The lowest BCUT2D eigenvalue weighted by molar-refractivity contribution is -0.139. The molecular formula is C21H17ClN2O3S2. The molecule has 1 aliphatic rings. The molecule has 8 heteroatoms. The minimum atomic E-state index is -0.618. The van der Waals surface area contributed by atoms with E-state index in [4.69, 9.17) is 16.3 Å². The molecule has 2 aromatic heterocycles. The van der Waals surface area contributed by atoms with E-state index in [9.17, 15) is 9.59 Å². The third kappa shape index (κ3) is 3.73. The number of aromatic nitrogens is 1. The van der Waals surface area contributed by atoms with Crippen molar-refractivity contribution >= 4 is 46.3 Å². The first-order valence-electron chi connectivity index (χ1n) is 8.98. The second kappa shape index (κ2) is 8.10. The highest BCUT2D eigenvalue weighted by Crippen LogP contribution is 2.31. The molecule has 0 unspecified atom stereocenters. The van der Waals surface area contributed by atoms with Gasteiger partial charge in [0.15, 0.2) is 4.80 Å². The van der Waals surface area contributed by atoms with E-state index in [1.807, 2.05) is 35.7 Å². The molecule has 148 valence electrons. The Morgan fingerprint density at radius 2 is 2.07 bits per heavy atom. The van der Waals surface area contributed by atoms with Crippen LogP contribution in [0, 0.1) is 0 Å². The molecule has 1 atom stereocenters. The van der Waals surface area contributed by atoms with Gasteiger partial charge in [0.1, 0.15) is 0 Å². The molecule has 0 saturated carbocycles. The standard InChI is InChI=1S/C21H17ClN2O3S2/c1-3-27-20(26)17-12(2)23-21-24(18(17)13-6-8-14(22)9-7-13)19(25)16(29-21)11-15-5-4-10-28-15/h4-11,18H,3H2,1-2H3/b16-11+/t18-/m0/s1. The molecule has 4 rings (SSSR count). The van der Waals surface area contributed by atoms with Crippen LogP contribution in [0.3, 0.4) is 0 Å². The van der Waals surface area contributed by atoms with Crippen LogP contribution in [0.25, 0.3) is 6.08 Å². The molecule has 0 radical (unpaired) electrons. The van der Waals surface area contributed by atoms with E-state index in [2.05, 4.69) is 4.99 Å². The Labute approximate surface area is 179 Å². The maximum atomic E-state index is 13.3. The lowest BCUT2D eigenvalue weighted by Gasteiger charge is -2.24. The molecule has 0 bridgehead atoms. The number of benzene rings is 1. The van der Waals surface area contributed by atoms with Crippen LogP contribution in [-0.2, 0) is 9.53 Å². The summed E-state index contributed by atoms with van der Waals surface area (Å²) in [7, 11) is 0. The van der Waals surface area contributed by atoms with E-state index in [0.717, 1.165) is 10.4 Å². The molecule has 3 aromatic rings. The van der Waals surface area contributed by atoms with Gasteiger partial charge < -0.3 is 4.74 Å². The van der Waals surface area contributed by atoms with Gasteiger partial charge in [-0.2, -0.15) is 0 Å². The fourth-order valence-corrected chi connectivity index (χ4v) is 5.15. The minimum absolute atomic E-state index is 0.184. The Bertz CT molecular complexity index is 1270. The molecular weight excluding hydrogens is 428 g/mol. The summed E-state index contributed by atoms with van der Waals surface area (Å²) in [6, 6.07) is 10.4. The molecule has 1 aromatic carbocycles. The number of carbonyl (C=O) groups excluding carboxylic acids is 1. The number of nitrogens with zero attached hydrogens (tertiary/aromatic N) is 2. The van der Waals surface area contributed by atoms with Crippen molar-refractivity contribution in [1.82, 2.24) is 4.57 Å². The number of esters is 1. The lowest BCUT2D eigenvalue weighted by atomic mass is 9.96. The number of hydrogen-bond acceptors (Lipinski definition) is 6. The van der Waals surface area contributed by atoms with Gasteiger partial charge in [-0.3, -0.25) is 9.36 Å². The summed E-state index contributed by atoms with van der Waals surface area (Å²) in [5.74, 6) is -0.471. The maximum absolute atomic E-state index is 13.3. The van der Waals surface area contributed by atoms with Gasteiger partial charge in [-0.1, -0.05) is 41.1 Å². The number of rotatable bonds is 4. The van der Waals surface area contributed by atoms with Gasteiger partial charge in [-0.05, 0) is 49.1 Å². The predicted octanol–water partition coefficient (Wildman–Crippen LogP) is 3.51. The summed E-state index contributed by atoms with van der Waals surface area (Å²) in [4.78, 5) is 32.2. The zero-order chi connectivity index (χ0) is 20.5. The molecule has 0 N–H and O–H groups in total. The maximum Gasteiger partial charge on any atom is 0.338 e. The van der Waals surface area contributed by atoms with Gasteiger partial charge in [0.05, 0.1) is 28.5 Å². The van der Waals surface area contributed by atoms with E-state index < -0.39 is 12.0 Å². The third-order valence-electron chi connectivity index (χ3n) is 4.52. The number of thiophene rings is 1. The van der Waals surface area contributed by atoms with Gasteiger partial charge >= 0.3 is 5.97 Å². The van der Waals surface area contributed by atoms with Crippen LogP contribution in [0.2, 0.25) is 5.02 Å². The van der Waals surface area contributed by atoms with Crippen molar-refractivity contribution < 1.29 is 9.53 Å². The van der Waals surface area contributed by atoms with Crippen LogP contribution in [0.1, 0.15) is 30.3 Å². The van der Waals surface area contributed by atoms with Gasteiger partial charge in [0.2, 0.25) is 0 Å². The van der Waals surface area contributed by atoms with Gasteiger partial charge in [0, 0.05) is 9.90 Å². The molecule has 0 saturated heterocycles. The van der Waals surface area contributed by atoms with E-state index >= 15 is 0 Å². The number of hydrogen-bond donors (Lipinski definition) is 0. The second-order valence-corrected chi connectivity index (χ2v) is 8.79. The van der Waals surface area contributed by atoms with Crippen molar-refractivity contribution in [3.05, 3.63) is 88.2 Å². The van der Waals surface area contributed by atoms with Crippen LogP contribution < -0.4 is 14.9 Å². The highest BCUT2D eigenvalue weighted by Gasteiger charge is 2.33. The number of carbonyl (C=O) groups is 1. The van der Waals surface area contributed by atoms with Crippen molar-refractivity contribution in [2.24, 2.45) is 4.99 Å². The minimum Gasteiger partial charge on any atom is -0.463 e. The average molecular weight is 445 g/mol. The van der Waals surface area contributed by atoms with E-state index in [-0.39, 0.29) is 12.2 Å². The topological polar surface area (TPSA) is 60.7 Å². The molecule has 0 aliphatic carbocycles. The van der Waals surface area contributed by atoms with Crippen LogP contribution >= 0.6 is 34.3 Å². The average Bonchev–Trinajstić information content (AvgIpc) is 3.30. The van der Waals surface area contributed by atoms with Crippen molar-refractivity contribution in [2.75, 3.05) is 6.61 Å². The Morgan fingerprint density at radius 3 is 2.72 bits per heavy atom. The third-order valence-corrected chi connectivity index (χ3v) is 6.57. The first kappa shape index (κ1) is 19.8. The summed E-state index contributed by atoms with van der Waals surface area (Å²) >= 11 is 8.92. The van der Waals surface area contributed by atoms with Crippen LogP contribution in [-0.4, -0.2) is 17.1 Å². The van der Waals surface area contributed by atoms with Gasteiger partial charge in [0.25, 0.3) is 5.56 Å². The molecule has 0 amide bonds. The Hall–Kier alpha value is -2.48. The number of ether oxygens (including phenoxy) is 1. The molecule has 29 heavy (non-hydrogen) atoms. The molecule has 0 fully saturated rings. The monoisotopic (exact) mass is 444 g/mol. The SMILES string of the molecule is CCOC(=O)C1=C(C)N=c2s/c(=C/c3cccs3)c(=O)n2[C@H]1c1ccc(Cl)cc1. The Kier molecular flexibility index (Phi) is 5.54. The zero-order valence-corrected chi connectivity index (χ0v) is 18.1. The molecule has 5 nitrogen and oxygen atoms in total. The van der Waals surface area contributed by atoms with Crippen molar-refractivity contribution in [3.8, 4) is 0 Å². The van der Waals surface area contributed by atoms with E-state index in [1.54, 1.807) is 41.9 Å². The van der Waals surface area contributed by atoms with E-state index in [1.165, 1.54) is 11.3 Å². The Morgan fingerprint density at radius 1 is 1.31 bits per heavy atom. The fourth-order valence-electron chi connectivity index (χ4n) is 3.25. The van der Waals surface area contributed by atoms with Crippen LogP contribution in [0.5, 0.6) is 0 Å². The number of halogens is 1. The van der Waals surface area contributed by atoms with Crippen LogP contribution in [0.4, 0.5) is 0 Å². The summed E-state index contributed by atoms with van der Waals surface area (Å²) in [6.07, 6.45) is 1.86. The summed E-state index contributed by atoms with van der Waals surface area (Å²) < 4.78 is 7.42. The summed E-state index contributed by atoms with van der Waals surface area (Å²) in [6.45, 7) is 3.76. The van der Waals surface area contributed by atoms with Gasteiger partial charge in [-0.25, -0.2) is 9.79 Å². The van der Waals surface area contributed by atoms with Crippen molar-refractivity contribution in [2.45, 2.75) is 19.9 Å². The summed E-state index contributed by atoms with van der Waals surface area (Å²) in [5.41, 5.74) is 1.50. The number of thiazole rings is 1. The highest BCUT2D eigenvalue weighted by atomic mass is 35.5. The normalized spacial score (nSPS) is 16.5. The fraction of sp³-hybridized carbons (Fsp3) is 0.190. The number of allylic oxidation sites excluding steroid dienone is 1. The van der Waals surface area contributed by atoms with Crippen LogP contribution in [0.15, 0.2) is 62.8 Å². The zero-order valence-electron chi connectivity index (χ0n) is 15.7. The van der Waals surface area contributed by atoms with Gasteiger partial charge in [-0.15, -0.1) is 11.3 Å². The molecule has 1 aliphatic heterocycles. The first-order valence-corrected chi connectivity index (χ1v) is 11.1.